The van der Waals surface area contributed by atoms with Gasteiger partial charge in [0.05, 0.1) is 11.1 Å². The van der Waals surface area contributed by atoms with Gasteiger partial charge in [-0.25, -0.2) is 0 Å². The van der Waals surface area contributed by atoms with Crippen molar-refractivity contribution in [3.63, 3.8) is 0 Å². The molecule has 1 aromatic heterocycles. The van der Waals surface area contributed by atoms with Crippen molar-refractivity contribution in [1.29, 1.82) is 0 Å². The van der Waals surface area contributed by atoms with Gasteiger partial charge in [-0.15, -0.1) is 0 Å². The third-order valence-corrected chi connectivity index (χ3v) is 2.51. The number of benzene rings is 1. The molecule has 0 amide bonds. The maximum atomic E-state index is 10.9. The largest absolute Gasteiger partial charge is 0.375 e. The summed E-state index contributed by atoms with van der Waals surface area (Å²) in [5.41, 5.74) is 1.18. The Hall–Kier alpha value is -2.08. The Labute approximate surface area is 102 Å². The monoisotopic (exact) mass is 252 g/mol. The van der Waals surface area contributed by atoms with Crippen LogP contribution in [0.1, 0.15) is 5.56 Å². The van der Waals surface area contributed by atoms with Crippen LogP contribution >= 0.6 is 11.6 Å². The molecule has 0 atom stereocenters. The average molecular weight is 253 g/mol. The smallest absolute Gasteiger partial charge is 0.310 e. The number of nitro benzene ring substituents is 1. The molecule has 17 heavy (non-hydrogen) atoms. The first-order chi connectivity index (χ1) is 8.18. The summed E-state index contributed by atoms with van der Waals surface area (Å²) in [6, 6.07) is 4.76. The molecule has 6 nitrogen and oxygen atoms in total. The highest BCUT2D eigenvalue weighted by Crippen LogP contribution is 2.32. The lowest BCUT2D eigenvalue weighted by molar-refractivity contribution is -0.383. The summed E-state index contributed by atoms with van der Waals surface area (Å²) in [5, 5.41) is 20.4. The molecular weight excluding hydrogens is 244 g/mol. The van der Waals surface area contributed by atoms with E-state index in [9.17, 15) is 10.1 Å². The summed E-state index contributed by atoms with van der Waals surface area (Å²) in [7, 11) is 0. The molecule has 0 unspecified atom stereocenters. The lowest BCUT2D eigenvalue weighted by Gasteiger charge is -2.06. The molecule has 2 aromatic rings. The number of rotatable bonds is 4. The number of H-pyrrole nitrogens is 1. The molecule has 0 spiro atoms. The van der Waals surface area contributed by atoms with E-state index in [1.165, 1.54) is 6.07 Å². The highest BCUT2D eigenvalue weighted by Gasteiger charge is 2.17. The predicted octanol–water partition coefficient (Wildman–Crippen LogP) is 2.58. The molecule has 2 rings (SSSR count). The maximum absolute atomic E-state index is 10.9. The van der Waals surface area contributed by atoms with E-state index in [4.69, 9.17) is 11.6 Å². The molecule has 0 fully saturated rings. The Bertz CT molecular complexity index is 527. The molecule has 0 aliphatic rings. The van der Waals surface area contributed by atoms with Gasteiger partial charge in [0.2, 0.25) is 0 Å². The summed E-state index contributed by atoms with van der Waals surface area (Å²) < 4.78 is 0. The number of nitrogens with one attached hydrogen (secondary N) is 2. The third-order valence-electron chi connectivity index (χ3n) is 2.21. The normalized spacial score (nSPS) is 10.2. The Morgan fingerprint density at radius 3 is 3.00 bits per heavy atom. The van der Waals surface area contributed by atoms with Crippen LogP contribution in [0.2, 0.25) is 5.02 Å². The summed E-state index contributed by atoms with van der Waals surface area (Å²) in [5.74, 6) is 0. The minimum absolute atomic E-state index is 0.113. The first-order valence-electron chi connectivity index (χ1n) is 4.83. The summed E-state index contributed by atoms with van der Waals surface area (Å²) >= 11 is 5.78. The van der Waals surface area contributed by atoms with Crippen LogP contribution in [0, 0.1) is 10.1 Å². The molecular formula is C10H9ClN4O2. The molecule has 1 aromatic carbocycles. The van der Waals surface area contributed by atoms with Gasteiger partial charge >= 0.3 is 5.69 Å². The van der Waals surface area contributed by atoms with Crippen LogP contribution in [0.3, 0.4) is 0 Å². The van der Waals surface area contributed by atoms with E-state index in [0.717, 1.165) is 5.56 Å². The van der Waals surface area contributed by atoms with Crippen molar-refractivity contribution in [2.45, 2.75) is 6.54 Å². The van der Waals surface area contributed by atoms with Gasteiger partial charge in [-0.3, -0.25) is 15.2 Å². The number of hydrogen-bond donors (Lipinski definition) is 2. The fraction of sp³-hybridized carbons (Fsp3) is 0.100. The molecule has 0 aliphatic heterocycles. The number of anilines is 1. The zero-order valence-electron chi connectivity index (χ0n) is 8.68. The first kappa shape index (κ1) is 11.4. The van der Waals surface area contributed by atoms with Gasteiger partial charge in [0.15, 0.2) is 0 Å². The number of aromatic nitrogens is 2. The fourth-order valence-electron chi connectivity index (χ4n) is 1.42. The highest BCUT2D eigenvalue weighted by atomic mass is 35.5. The lowest BCUT2D eigenvalue weighted by atomic mass is 10.2. The zero-order valence-corrected chi connectivity index (χ0v) is 9.44. The van der Waals surface area contributed by atoms with Crippen LogP contribution in [0.4, 0.5) is 11.4 Å². The van der Waals surface area contributed by atoms with Crippen molar-refractivity contribution in [3.05, 3.63) is 51.3 Å². The predicted molar refractivity (Wildman–Crippen MR) is 64.0 cm³/mol. The Morgan fingerprint density at radius 1 is 1.53 bits per heavy atom. The van der Waals surface area contributed by atoms with E-state index in [1.807, 2.05) is 0 Å². The third kappa shape index (κ3) is 2.54. The van der Waals surface area contributed by atoms with Gasteiger partial charge in [-0.2, -0.15) is 5.10 Å². The van der Waals surface area contributed by atoms with Gasteiger partial charge in [-0.05, 0) is 12.1 Å². The number of halogens is 1. The van der Waals surface area contributed by atoms with E-state index < -0.39 is 4.92 Å². The molecule has 0 aliphatic carbocycles. The fourth-order valence-corrected chi connectivity index (χ4v) is 1.66. The average Bonchev–Trinajstić information content (AvgIpc) is 2.78. The molecule has 88 valence electrons. The SMILES string of the molecule is O=[N+]([O-])c1c(Cl)cccc1NCc1cn[nH]c1. The second-order valence-electron chi connectivity index (χ2n) is 3.35. The van der Waals surface area contributed by atoms with Crippen LogP contribution < -0.4 is 5.32 Å². The Kier molecular flexibility index (Phi) is 3.24. The van der Waals surface area contributed by atoms with E-state index in [1.54, 1.807) is 24.5 Å². The first-order valence-corrected chi connectivity index (χ1v) is 5.20. The minimum Gasteiger partial charge on any atom is -0.375 e. The minimum atomic E-state index is -0.500. The summed E-state index contributed by atoms with van der Waals surface area (Å²) in [6.07, 6.45) is 3.35. The van der Waals surface area contributed by atoms with Gasteiger partial charge in [0, 0.05) is 18.3 Å². The van der Waals surface area contributed by atoms with E-state index >= 15 is 0 Å². The van der Waals surface area contributed by atoms with Gasteiger partial charge < -0.3 is 5.32 Å². The van der Waals surface area contributed by atoms with Gasteiger partial charge in [0.25, 0.3) is 0 Å². The van der Waals surface area contributed by atoms with Gasteiger partial charge in [0.1, 0.15) is 10.7 Å². The zero-order chi connectivity index (χ0) is 12.3. The molecule has 0 saturated heterocycles. The van der Waals surface area contributed by atoms with Crippen molar-refractivity contribution < 1.29 is 4.92 Å². The molecule has 0 saturated carbocycles. The second kappa shape index (κ2) is 4.84. The number of nitro groups is 1. The van der Waals surface area contributed by atoms with Crippen molar-refractivity contribution in [1.82, 2.24) is 10.2 Å². The van der Waals surface area contributed by atoms with Crippen molar-refractivity contribution in [2.24, 2.45) is 0 Å². The van der Waals surface area contributed by atoms with Crippen LogP contribution in [-0.4, -0.2) is 15.1 Å². The van der Waals surface area contributed by atoms with Gasteiger partial charge in [-0.1, -0.05) is 17.7 Å². The quantitative estimate of drug-likeness (QED) is 0.647. The molecule has 2 N–H and O–H groups in total. The van der Waals surface area contributed by atoms with Crippen LogP contribution in [0.5, 0.6) is 0 Å². The highest BCUT2D eigenvalue weighted by molar-refractivity contribution is 6.33. The number of aromatic amines is 1. The molecule has 7 heteroatoms. The van der Waals surface area contributed by atoms with Crippen molar-refractivity contribution in [3.8, 4) is 0 Å². The summed E-state index contributed by atoms with van der Waals surface area (Å²) in [6.45, 7) is 0.442. The van der Waals surface area contributed by atoms with E-state index in [-0.39, 0.29) is 10.7 Å². The standard InChI is InChI=1S/C10H9ClN4O2/c11-8-2-1-3-9(10(8)15(16)17)12-4-7-5-13-14-6-7/h1-3,5-6,12H,4H2,(H,13,14). The number of para-hydroxylation sites is 1. The van der Waals surface area contributed by atoms with Crippen molar-refractivity contribution >= 4 is 23.0 Å². The lowest BCUT2D eigenvalue weighted by Crippen LogP contribution is -2.02. The Balaban J connectivity index is 2.21. The molecule has 0 bridgehead atoms. The molecule has 0 radical (unpaired) electrons. The number of hydrogen-bond acceptors (Lipinski definition) is 4. The summed E-state index contributed by atoms with van der Waals surface area (Å²) in [4.78, 5) is 10.4. The van der Waals surface area contributed by atoms with E-state index in [0.29, 0.717) is 12.2 Å². The van der Waals surface area contributed by atoms with Crippen LogP contribution in [0.25, 0.3) is 0 Å². The maximum Gasteiger partial charge on any atom is 0.310 e. The molecule has 1 heterocycles. The topological polar surface area (TPSA) is 83.8 Å². The van der Waals surface area contributed by atoms with Crippen LogP contribution in [-0.2, 0) is 6.54 Å². The van der Waals surface area contributed by atoms with Crippen molar-refractivity contribution in [2.75, 3.05) is 5.32 Å². The Morgan fingerprint density at radius 2 is 2.35 bits per heavy atom. The van der Waals surface area contributed by atoms with Crippen LogP contribution in [0.15, 0.2) is 30.6 Å². The second-order valence-corrected chi connectivity index (χ2v) is 3.76. The van der Waals surface area contributed by atoms with E-state index in [2.05, 4.69) is 15.5 Å². The number of nitrogens with zero attached hydrogens (tertiary/aromatic N) is 2.